The molecule has 1 saturated carbocycles. The van der Waals surface area contributed by atoms with E-state index in [4.69, 9.17) is 9.97 Å². The quantitative estimate of drug-likeness (QED) is 0.704. The molecule has 0 unspecified atom stereocenters. The Labute approximate surface area is 163 Å². The van der Waals surface area contributed by atoms with Gasteiger partial charge in [0.15, 0.2) is 0 Å². The summed E-state index contributed by atoms with van der Waals surface area (Å²) in [6.45, 7) is 6.42. The van der Waals surface area contributed by atoms with E-state index in [9.17, 15) is 9.18 Å². The molecule has 0 spiro atoms. The van der Waals surface area contributed by atoms with E-state index in [-0.39, 0.29) is 17.0 Å². The van der Waals surface area contributed by atoms with Crippen molar-refractivity contribution >= 4 is 22.6 Å². The van der Waals surface area contributed by atoms with Crippen molar-refractivity contribution in [2.75, 3.05) is 5.32 Å². The molecule has 1 N–H and O–H groups in total. The molecular weight excluding hydrogens is 353 g/mol. The lowest BCUT2D eigenvalue weighted by atomic mass is 9.63. The van der Waals surface area contributed by atoms with Gasteiger partial charge in [-0.3, -0.25) is 4.79 Å². The molecule has 142 valence electrons. The van der Waals surface area contributed by atoms with Crippen molar-refractivity contribution in [1.29, 1.82) is 0 Å². The average molecular weight is 375 g/mol. The maximum atomic E-state index is 14.2. The Kier molecular flexibility index (Phi) is 3.32. The second-order valence-corrected chi connectivity index (χ2v) is 8.71. The standard InChI is InChI=1S/C23H22FN3O/c1-21(2)22(3)12-13-23(21,20(28)27-15-9-5-4-8-14(15)24)19-18(22)25-16-10-6-7-11-17(16)26-19/h4-11H,12-13H2,1-3H3,(H,27,28)/t22-,23-/m1/s1. The summed E-state index contributed by atoms with van der Waals surface area (Å²) in [4.78, 5) is 23.5. The van der Waals surface area contributed by atoms with Gasteiger partial charge in [0.2, 0.25) is 5.91 Å². The molecule has 5 rings (SSSR count). The van der Waals surface area contributed by atoms with Gasteiger partial charge in [-0.25, -0.2) is 14.4 Å². The van der Waals surface area contributed by atoms with Gasteiger partial charge < -0.3 is 5.32 Å². The van der Waals surface area contributed by atoms with Gasteiger partial charge in [-0.15, -0.1) is 0 Å². The molecule has 0 radical (unpaired) electrons. The first-order valence-corrected chi connectivity index (χ1v) is 9.65. The normalized spacial score (nSPS) is 27.0. The zero-order valence-electron chi connectivity index (χ0n) is 16.2. The number of hydrogen-bond donors (Lipinski definition) is 1. The summed E-state index contributed by atoms with van der Waals surface area (Å²) in [6.07, 6.45) is 1.53. The number of nitrogens with one attached hydrogen (secondary N) is 1. The van der Waals surface area contributed by atoms with E-state index in [0.29, 0.717) is 6.42 Å². The highest BCUT2D eigenvalue weighted by molar-refractivity contribution is 6.02. The van der Waals surface area contributed by atoms with Crippen molar-refractivity contribution in [3.05, 3.63) is 65.7 Å². The number of carbonyl (C=O) groups is 1. The molecule has 2 aliphatic carbocycles. The molecule has 2 aromatic carbocycles. The average Bonchev–Trinajstić information content (AvgIpc) is 2.98. The molecular formula is C23H22FN3O. The predicted molar refractivity (Wildman–Crippen MR) is 107 cm³/mol. The van der Waals surface area contributed by atoms with Crippen LogP contribution >= 0.6 is 0 Å². The third-order valence-electron chi connectivity index (χ3n) is 7.45. The Bertz CT molecular complexity index is 1140. The largest absolute Gasteiger partial charge is 0.323 e. The first-order chi connectivity index (χ1) is 13.3. The summed E-state index contributed by atoms with van der Waals surface area (Å²) in [5.41, 5.74) is 2.00. The van der Waals surface area contributed by atoms with Gasteiger partial charge in [0.25, 0.3) is 0 Å². The minimum atomic E-state index is -0.837. The lowest BCUT2D eigenvalue weighted by Gasteiger charge is -2.39. The van der Waals surface area contributed by atoms with Crippen molar-refractivity contribution < 1.29 is 9.18 Å². The van der Waals surface area contributed by atoms with E-state index < -0.39 is 16.6 Å². The third kappa shape index (κ3) is 1.87. The number of benzene rings is 2. The van der Waals surface area contributed by atoms with Crippen molar-refractivity contribution in [2.24, 2.45) is 5.41 Å². The van der Waals surface area contributed by atoms with Gasteiger partial charge in [-0.1, -0.05) is 45.0 Å². The Balaban J connectivity index is 1.72. The van der Waals surface area contributed by atoms with Crippen LogP contribution in [0, 0.1) is 11.2 Å². The fourth-order valence-corrected chi connectivity index (χ4v) is 5.34. The number of hydrogen-bond acceptors (Lipinski definition) is 3. The maximum absolute atomic E-state index is 14.2. The Morgan fingerprint density at radius 3 is 2.21 bits per heavy atom. The van der Waals surface area contributed by atoms with Gasteiger partial charge >= 0.3 is 0 Å². The topological polar surface area (TPSA) is 54.9 Å². The van der Waals surface area contributed by atoms with Crippen LogP contribution in [0.25, 0.3) is 11.0 Å². The zero-order chi connectivity index (χ0) is 19.7. The summed E-state index contributed by atoms with van der Waals surface area (Å²) in [7, 11) is 0. The van der Waals surface area contributed by atoms with Crippen LogP contribution in [-0.4, -0.2) is 15.9 Å². The fourth-order valence-electron chi connectivity index (χ4n) is 5.34. The highest BCUT2D eigenvalue weighted by atomic mass is 19.1. The summed E-state index contributed by atoms with van der Waals surface area (Å²) < 4.78 is 14.2. The molecule has 28 heavy (non-hydrogen) atoms. The smallest absolute Gasteiger partial charge is 0.237 e. The summed E-state index contributed by atoms with van der Waals surface area (Å²) in [5, 5.41) is 2.85. The highest BCUT2D eigenvalue weighted by Gasteiger charge is 2.73. The Morgan fingerprint density at radius 2 is 1.54 bits per heavy atom. The molecule has 0 saturated heterocycles. The number of carbonyl (C=O) groups excluding carboxylic acids is 1. The molecule has 0 aliphatic heterocycles. The van der Waals surface area contributed by atoms with E-state index in [1.54, 1.807) is 18.2 Å². The minimum Gasteiger partial charge on any atom is -0.323 e. The molecule has 4 nitrogen and oxygen atoms in total. The lowest BCUT2D eigenvalue weighted by Crippen LogP contribution is -2.48. The second kappa shape index (κ2) is 5.37. The van der Waals surface area contributed by atoms with Gasteiger partial charge in [-0.2, -0.15) is 0 Å². The molecule has 2 atom stereocenters. The second-order valence-electron chi connectivity index (χ2n) is 8.71. The Morgan fingerprint density at radius 1 is 0.929 bits per heavy atom. The van der Waals surface area contributed by atoms with E-state index in [2.05, 4.69) is 26.1 Å². The number of rotatable bonds is 2. The van der Waals surface area contributed by atoms with E-state index in [1.165, 1.54) is 6.07 Å². The number of para-hydroxylation sites is 3. The number of fused-ring (bicyclic) bond motifs is 6. The SMILES string of the molecule is CC1(C)[C@]2(C(=O)Nc3ccccc3F)CC[C@]1(C)c1nc3ccccc3nc12. The molecule has 1 aromatic heterocycles. The van der Waals surface area contributed by atoms with Crippen molar-refractivity contribution in [3.8, 4) is 0 Å². The summed E-state index contributed by atoms with van der Waals surface area (Å²) in [6, 6.07) is 14.0. The molecule has 5 heteroatoms. The zero-order valence-corrected chi connectivity index (χ0v) is 16.2. The predicted octanol–water partition coefficient (Wildman–Crippen LogP) is 4.74. The monoisotopic (exact) mass is 375 g/mol. The molecule has 3 aromatic rings. The summed E-state index contributed by atoms with van der Waals surface area (Å²) in [5.74, 6) is -0.636. The van der Waals surface area contributed by atoms with Crippen LogP contribution in [0.2, 0.25) is 0 Å². The van der Waals surface area contributed by atoms with E-state index in [1.807, 2.05) is 24.3 Å². The molecule has 2 aliphatic rings. The Hall–Kier alpha value is -2.82. The van der Waals surface area contributed by atoms with Crippen LogP contribution in [0.3, 0.4) is 0 Å². The van der Waals surface area contributed by atoms with Gasteiger partial charge in [-0.05, 0) is 42.5 Å². The molecule has 1 fully saturated rings. The van der Waals surface area contributed by atoms with Crippen molar-refractivity contribution in [3.63, 3.8) is 0 Å². The highest BCUT2D eigenvalue weighted by Crippen LogP contribution is 2.70. The van der Waals surface area contributed by atoms with Crippen LogP contribution in [0.5, 0.6) is 0 Å². The van der Waals surface area contributed by atoms with Gasteiger partial charge in [0.05, 0.1) is 33.5 Å². The lowest BCUT2D eigenvalue weighted by molar-refractivity contribution is -0.125. The van der Waals surface area contributed by atoms with Crippen molar-refractivity contribution in [1.82, 2.24) is 9.97 Å². The molecule has 2 bridgehead atoms. The van der Waals surface area contributed by atoms with Crippen LogP contribution in [0.1, 0.15) is 45.0 Å². The third-order valence-corrected chi connectivity index (χ3v) is 7.45. The molecule has 1 heterocycles. The van der Waals surface area contributed by atoms with Crippen LogP contribution in [-0.2, 0) is 15.6 Å². The first kappa shape index (κ1) is 17.3. The van der Waals surface area contributed by atoms with Crippen molar-refractivity contribution in [2.45, 2.75) is 44.4 Å². The maximum Gasteiger partial charge on any atom is 0.237 e. The van der Waals surface area contributed by atoms with E-state index in [0.717, 1.165) is 28.8 Å². The van der Waals surface area contributed by atoms with Crippen LogP contribution in [0.15, 0.2) is 48.5 Å². The summed E-state index contributed by atoms with van der Waals surface area (Å²) >= 11 is 0. The number of aromatic nitrogens is 2. The van der Waals surface area contributed by atoms with Gasteiger partial charge in [0, 0.05) is 5.41 Å². The number of anilines is 1. The number of amides is 1. The first-order valence-electron chi connectivity index (χ1n) is 9.65. The van der Waals surface area contributed by atoms with Crippen LogP contribution in [0.4, 0.5) is 10.1 Å². The van der Waals surface area contributed by atoms with E-state index >= 15 is 0 Å². The molecule has 1 amide bonds. The fraction of sp³-hybridized carbons (Fsp3) is 0.348. The number of nitrogens with zero attached hydrogens (tertiary/aromatic N) is 2. The minimum absolute atomic E-state index is 0.199. The van der Waals surface area contributed by atoms with Crippen LogP contribution < -0.4 is 5.32 Å². The number of halogens is 1. The van der Waals surface area contributed by atoms with Gasteiger partial charge in [0.1, 0.15) is 5.82 Å².